The summed E-state index contributed by atoms with van der Waals surface area (Å²) in [6, 6.07) is 9.56. The topological polar surface area (TPSA) is 36.3 Å². The molecule has 0 N–H and O–H groups in total. The lowest BCUT2D eigenvalue weighted by atomic mass is 10.2. The third-order valence-electron chi connectivity index (χ3n) is 3.61. The first-order valence-electron chi connectivity index (χ1n) is 7.24. The molecule has 3 heteroatoms. The van der Waals surface area contributed by atoms with Crippen molar-refractivity contribution < 1.29 is 4.74 Å². The number of hydrogen-bond acceptors (Lipinski definition) is 3. The third kappa shape index (κ3) is 3.97. The van der Waals surface area contributed by atoms with E-state index in [4.69, 9.17) is 10.00 Å². The van der Waals surface area contributed by atoms with Crippen molar-refractivity contribution in [3.63, 3.8) is 0 Å². The van der Waals surface area contributed by atoms with E-state index >= 15 is 0 Å². The van der Waals surface area contributed by atoms with Gasteiger partial charge in [0.25, 0.3) is 0 Å². The van der Waals surface area contributed by atoms with E-state index in [1.807, 2.05) is 24.3 Å². The maximum Gasteiger partial charge on any atom is 0.152 e. The summed E-state index contributed by atoms with van der Waals surface area (Å²) in [4.78, 5) is 2.44. The Morgan fingerprint density at radius 2 is 1.95 bits per heavy atom. The third-order valence-corrected chi connectivity index (χ3v) is 3.61. The van der Waals surface area contributed by atoms with Crippen LogP contribution in [0.15, 0.2) is 24.3 Å². The lowest BCUT2D eigenvalue weighted by molar-refractivity contribution is 0.0345. The van der Waals surface area contributed by atoms with Crippen molar-refractivity contribution in [2.75, 3.05) is 13.1 Å². The molecule has 1 fully saturated rings. The second kappa shape index (κ2) is 7.16. The molecule has 3 nitrogen and oxygen atoms in total. The minimum absolute atomic E-state index is 0.190. The van der Waals surface area contributed by atoms with Gasteiger partial charge in [-0.2, -0.15) is 5.26 Å². The molecule has 1 heterocycles. The first kappa shape index (κ1) is 13.9. The number of nitrogens with zero attached hydrogens (tertiary/aromatic N) is 2. The second-order valence-electron chi connectivity index (χ2n) is 5.09. The fourth-order valence-electron chi connectivity index (χ4n) is 2.49. The van der Waals surface area contributed by atoms with Crippen LogP contribution in [-0.4, -0.2) is 24.2 Å². The van der Waals surface area contributed by atoms with Crippen molar-refractivity contribution in [1.29, 1.82) is 5.26 Å². The van der Waals surface area contributed by atoms with Crippen LogP contribution in [-0.2, 0) is 0 Å². The predicted molar refractivity (Wildman–Crippen MR) is 75.9 cm³/mol. The minimum Gasteiger partial charge on any atom is -0.475 e. The molecule has 0 amide bonds. The molecule has 1 aliphatic heterocycles. The van der Waals surface area contributed by atoms with Crippen LogP contribution in [0.2, 0.25) is 0 Å². The van der Waals surface area contributed by atoms with Crippen molar-refractivity contribution in [3.8, 4) is 11.8 Å². The van der Waals surface area contributed by atoms with Crippen LogP contribution in [0.5, 0.6) is 5.75 Å². The molecule has 1 unspecified atom stereocenters. The standard InChI is InChI=1S/C16H22N2O/c1-2-3-6-16(18-11-4-5-12-18)19-15-9-7-14(13-17)8-10-15/h7-10,16H,2-6,11-12H2,1H3. The molecule has 19 heavy (non-hydrogen) atoms. The van der Waals surface area contributed by atoms with Crippen LogP contribution in [0.3, 0.4) is 0 Å². The molecule has 1 atom stereocenters. The molecule has 1 saturated heterocycles. The molecule has 0 aromatic heterocycles. The average molecular weight is 258 g/mol. The number of rotatable bonds is 6. The van der Waals surface area contributed by atoms with E-state index in [9.17, 15) is 0 Å². The first-order chi connectivity index (χ1) is 9.33. The maximum atomic E-state index is 8.80. The lowest BCUT2D eigenvalue weighted by Crippen LogP contribution is -2.37. The van der Waals surface area contributed by atoms with Gasteiger partial charge in [-0.25, -0.2) is 0 Å². The molecule has 0 spiro atoms. The van der Waals surface area contributed by atoms with Crippen LogP contribution in [0.1, 0.15) is 44.6 Å². The van der Waals surface area contributed by atoms with Crippen molar-refractivity contribution in [2.45, 2.75) is 45.3 Å². The maximum absolute atomic E-state index is 8.80. The van der Waals surface area contributed by atoms with Crippen LogP contribution in [0, 0.1) is 11.3 Å². The van der Waals surface area contributed by atoms with Gasteiger partial charge in [-0.15, -0.1) is 0 Å². The van der Waals surface area contributed by atoms with E-state index in [0.717, 1.165) is 25.3 Å². The largest absolute Gasteiger partial charge is 0.475 e. The van der Waals surface area contributed by atoms with Gasteiger partial charge in [-0.3, -0.25) is 4.90 Å². The molecule has 1 aliphatic rings. The number of unbranched alkanes of at least 4 members (excludes halogenated alkanes) is 1. The summed E-state index contributed by atoms with van der Waals surface area (Å²) in [6.45, 7) is 4.50. The van der Waals surface area contributed by atoms with Gasteiger partial charge in [0.15, 0.2) is 6.23 Å². The molecule has 0 bridgehead atoms. The van der Waals surface area contributed by atoms with E-state index in [1.165, 1.54) is 25.7 Å². The van der Waals surface area contributed by atoms with E-state index in [2.05, 4.69) is 17.9 Å². The van der Waals surface area contributed by atoms with Gasteiger partial charge in [0.1, 0.15) is 5.75 Å². The van der Waals surface area contributed by atoms with E-state index < -0.39 is 0 Å². The normalized spacial score (nSPS) is 17.1. The molecule has 1 aromatic carbocycles. The summed E-state index contributed by atoms with van der Waals surface area (Å²) in [5.41, 5.74) is 0.679. The lowest BCUT2D eigenvalue weighted by Gasteiger charge is -2.28. The highest BCUT2D eigenvalue weighted by Gasteiger charge is 2.22. The summed E-state index contributed by atoms with van der Waals surface area (Å²) >= 11 is 0. The number of benzene rings is 1. The summed E-state index contributed by atoms with van der Waals surface area (Å²) in [6.07, 6.45) is 6.21. The fourth-order valence-corrected chi connectivity index (χ4v) is 2.49. The van der Waals surface area contributed by atoms with Crippen LogP contribution >= 0.6 is 0 Å². The highest BCUT2D eigenvalue weighted by Crippen LogP contribution is 2.21. The van der Waals surface area contributed by atoms with Crippen LogP contribution in [0.25, 0.3) is 0 Å². The monoisotopic (exact) mass is 258 g/mol. The highest BCUT2D eigenvalue weighted by molar-refractivity contribution is 5.34. The Morgan fingerprint density at radius 3 is 2.53 bits per heavy atom. The van der Waals surface area contributed by atoms with E-state index in [-0.39, 0.29) is 6.23 Å². The summed E-state index contributed by atoms with van der Waals surface area (Å²) < 4.78 is 6.12. The number of ether oxygens (including phenoxy) is 1. The van der Waals surface area contributed by atoms with Crippen molar-refractivity contribution in [1.82, 2.24) is 4.90 Å². The Kier molecular flexibility index (Phi) is 5.23. The van der Waals surface area contributed by atoms with Crippen molar-refractivity contribution >= 4 is 0 Å². The summed E-state index contributed by atoms with van der Waals surface area (Å²) in [5.74, 6) is 0.868. The molecule has 0 saturated carbocycles. The van der Waals surface area contributed by atoms with Gasteiger partial charge in [-0.05, 0) is 49.9 Å². The number of nitriles is 1. The SMILES string of the molecule is CCCCC(Oc1ccc(C#N)cc1)N1CCCC1. The fraction of sp³-hybridized carbons (Fsp3) is 0.562. The minimum atomic E-state index is 0.190. The van der Waals surface area contributed by atoms with Crippen LogP contribution < -0.4 is 4.74 Å². The van der Waals surface area contributed by atoms with E-state index in [1.54, 1.807) is 0 Å². The number of hydrogen-bond donors (Lipinski definition) is 0. The zero-order valence-electron chi connectivity index (χ0n) is 11.6. The van der Waals surface area contributed by atoms with Gasteiger partial charge < -0.3 is 4.74 Å². The molecule has 102 valence electrons. The van der Waals surface area contributed by atoms with Gasteiger partial charge in [0.05, 0.1) is 11.6 Å². The Hall–Kier alpha value is -1.53. The number of likely N-dealkylation sites (tertiary alicyclic amines) is 1. The van der Waals surface area contributed by atoms with Crippen LogP contribution in [0.4, 0.5) is 0 Å². The molecule has 0 aliphatic carbocycles. The smallest absolute Gasteiger partial charge is 0.152 e. The molecule has 1 aromatic rings. The first-order valence-corrected chi connectivity index (χ1v) is 7.24. The predicted octanol–water partition coefficient (Wildman–Crippen LogP) is 3.55. The Labute approximate surface area is 115 Å². The summed E-state index contributed by atoms with van der Waals surface area (Å²) in [7, 11) is 0. The molecular weight excluding hydrogens is 236 g/mol. The summed E-state index contributed by atoms with van der Waals surface area (Å²) in [5, 5.41) is 8.80. The zero-order chi connectivity index (χ0) is 13.5. The molecular formula is C16H22N2O. The van der Waals surface area contributed by atoms with E-state index in [0.29, 0.717) is 5.56 Å². The average Bonchev–Trinajstić information content (AvgIpc) is 2.98. The van der Waals surface area contributed by atoms with Gasteiger partial charge in [-0.1, -0.05) is 13.3 Å². The van der Waals surface area contributed by atoms with Gasteiger partial charge >= 0.3 is 0 Å². The molecule has 0 radical (unpaired) electrons. The second-order valence-corrected chi connectivity index (χ2v) is 5.09. The Bertz CT molecular complexity index is 415. The Morgan fingerprint density at radius 1 is 1.26 bits per heavy atom. The molecule has 2 rings (SSSR count). The zero-order valence-corrected chi connectivity index (χ0v) is 11.6. The van der Waals surface area contributed by atoms with Crippen molar-refractivity contribution in [2.24, 2.45) is 0 Å². The van der Waals surface area contributed by atoms with Gasteiger partial charge in [0, 0.05) is 13.1 Å². The van der Waals surface area contributed by atoms with Crippen molar-refractivity contribution in [3.05, 3.63) is 29.8 Å². The quantitative estimate of drug-likeness (QED) is 0.783. The Balaban J connectivity index is 1.99. The highest BCUT2D eigenvalue weighted by atomic mass is 16.5. The van der Waals surface area contributed by atoms with Gasteiger partial charge in [0.2, 0.25) is 0 Å².